The van der Waals surface area contributed by atoms with Gasteiger partial charge in [0, 0.05) is 38.0 Å². The molecule has 3 rings (SSSR count). The van der Waals surface area contributed by atoms with Crippen LogP contribution in [0.15, 0.2) is 36.8 Å². The fourth-order valence-electron chi connectivity index (χ4n) is 2.16. The zero-order valence-corrected chi connectivity index (χ0v) is 11.5. The number of non-ortho nitro benzene ring substituents is 1. The van der Waals surface area contributed by atoms with E-state index in [0.29, 0.717) is 17.1 Å². The fraction of sp³-hybridized carbons (Fsp3) is 0.154. The van der Waals surface area contributed by atoms with E-state index in [1.165, 1.54) is 12.1 Å². The molecule has 0 aliphatic carbocycles. The Morgan fingerprint density at radius 1 is 1.29 bits per heavy atom. The highest BCUT2D eigenvalue weighted by molar-refractivity contribution is 5.78. The molecule has 0 bridgehead atoms. The minimum Gasteiger partial charge on any atom is -0.317 e. The van der Waals surface area contributed by atoms with Crippen LogP contribution < -0.4 is 0 Å². The number of aromatic nitrogens is 5. The molecule has 0 aliphatic heterocycles. The van der Waals surface area contributed by atoms with E-state index in [2.05, 4.69) is 15.3 Å². The molecule has 0 aliphatic rings. The molecule has 21 heavy (non-hydrogen) atoms. The summed E-state index contributed by atoms with van der Waals surface area (Å²) in [5.41, 5.74) is 2.11. The van der Waals surface area contributed by atoms with E-state index < -0.39 is 4.92 Å². The van der Waals surface area contributed by atoms with Gasteiger partial charge in [0.05, 0.1) is 10.5 Å². The van der Waals surface area contributed by atoms with Crippen LogP contribution in [0, 0.1) is 10.1 Å². The van der Waals surface area contributed by atoms with Crippen LogP contribution >= 0.6 is 0 Å². The number of nitrogens with zero attached hydrogens (tertiary/aromatic N) is 6. The van der Waals surface area contributed by atoms with Crippen molar-refractivity contribution in [1.82, 2.24) is 24.5 Å². The Bertz CT molecular complexity index is 820. The molecule has 3 aromatic rings. The third-order valence-corrected chi connectivity index (χ3v) is 3.11. The summed E-state index contributed by atoms with van der Waals surface area (Å²) in [6, 6.07) is 6.38. The molecule has 0 saturated carbocycles. The minimum absolute atomic E-state index is 0.0297. The number of rotatable bonds is 3. The summed E-state index contributed by atoms with van der Waals surface area (Å²) in [7, 11) is 3.63. The Hall–Kier alpha value is -3.03. The van der Waals surface area contributed by atoms with E-state index in [9.17, 15) is 10.1 Å². The van der Waals surface area contributed by atoms with Crippen molar-refractivity contribution >= 4 is 5.69 Å². The maximum absolute atomic E-state index is 10.9. The zero-order valence-electron chi connectivity index (χ0n) is 11.5. The van der Waals surface area contributed by atoms with Crippen LogP contribution in [0.4, 0.5) is 5.69 Å². The summed E-state index contributed by atoms with van der Waals surface area (Å²) < 4.78 is 3.43. The van der Waals surface area contributed by atoms with Crippen molar-refractivity contribution < 1.29 is 4.92 Å². The summed E-state index contributed by atoms with van der Waals surface area (Å²) >= 11 is 0. The molecule has 0 radical (unpaired) electrons. The van der Waals surface area contributed by atoms with Crippen LogP contribution in [0.25, 0.3) is 22.6 Å². The van der Waals surface area contributed by atoms with Gasteiger partial charge in [-0.15, -0.1) is 10.2 Å². The van der Waals surface area contributed by atoms with Crippen LogP contribution in [0.5, 0.6) is 0 Å². The lowest BCUT2D eigenvalue weighted by atomic mass is 10.1. The van der Waals surface area contributed by atoms with Gasteiger partial charge in [0.2, 0.25) is 0 Å². The first-order valence-corrected chi connectivity index (χ1v) is 6.19. The lowest BCUT2D eigenvalue weighted by Crippen LogP contribution is -1.93. The molecule has 0 N–H and O–H groups in total. The summed E-state index contributed by atoms with van der Waals surface area (Å²) in [4.78, 5) is 10.5. The van der Waals surface area contributed by atoms with E-state index in [4.69, 9.17) is 0 Å². The smallest absolute Gasteiger partial charge is 0.270 e. The summed E-state index contributed by atoms with van der Waals surface area (Å²) in [6.45, 7) is 0. The standard InChI is InChI=1S/C13H12N6O2/c1-17-8-14-15-13(17)11-7-18(2)16-12(11)9-4-3-5-10(6-9)19(20)21/h3-8H,1-2H3. The molecular weight excluding hydrogens is 272 g/mol. The fourth-order valence-corrected chi connectivity index (χ4v) is 2.16. The first kappa shape index (κ1) is 13.0. The van der Waals surface area contributed by atoms with E-state index in [1.807, 2.05) is 13.2 Å². The van der Waals surface area contributed by atoms with Crippen molar-refractivity contribution in [2.75, 3.05) is 0 Å². The lowest BCUT2D eigenvalue weighted by molar-refractivity contribution is -0.384. The second-order valence-electron chi connectivity index (χ2n) is 4.64. The molecule has 2 aromatic heterocycles. The zero-order chi connectivity index (χ0) is 15.0. The van der Waals surface area contributed by atoms with E-state index in [0.717, 1.165) is 5.56 Å². The predicted octanol–water partition coefficient (Wildman–Crippen LogP) is 1.79. The van der Waals surface area contributed by atoms with Crippen LogP contribution in [-0.2, 0) is 14.1 Å². The summed E-state index contributed by atoms with van der Waals surface area (Å²) in [5.74, 6) is 0.657. The van der Waals surface area contributed by atoms with Crippen molar-refractivity contribution in [2.45, 2.75) is 0 Å². The summed E-state index contributed by atoms with van der Waals surface area (Å²) in [5, 5.41) is 23.2. The average Bonchev–Trinajstić information content (AvgIpc) is 3.04. The van der Waals surface area contributed by atoms with Crippen molar-refractivity contribution in [3.8, 4) is 22.6 Å². The molecule has 8 nitrogen and oxygen atoms in total. The second-order valence-corrected chi connectivity index (χ2v) is 4.64. The molecule has 0 atom stereocenters. The van der Waals surface area contributed by atoms with Crippen LogP contribution in [-0.4, -0.2) is 29.5 Å². The number of nitro benzene ring substituents is 1. The Morgan fingerprint density at radius 3 is 2.76 bits per heavy atom. The minimum atomic E-state index is -0.422. The number of nitro groups is 1. The third kappa shape index (κ3) is 2.27. The van der Waals surface area contributed by atoms with Crippen molar-refractivity contribution in [2.24, 2.45) is 14.1 Å². The Balaban J connectivity index is 2.18. The predicted molar refractivity (Wildman–Crippen MR) is 75.3 cm³/mol. The lowest BCUT2D eigenvalue weighted by Gasteiger charge is -2.02. The van der Waals surface area contributed by atoms with E-state index in [-0.39, 0.29) is 5.69 Å². The molecule has 0 fully saturated rings. The molecule has 1 aromatic carbocycles. The second kappa shape index (κ2) is 4.82. The molecule has 2 heterocycles. The van der Waals surface area contributed by atoms with Gasteiger partial charge in [-0.25, -0.2) is 0 Å². The largest absolute Gasteiger partial charge is 0.317 e. The highest BCUT2D eigenvalue weighted by atomic mass is 16.6. The first-order valence-electron chi connectivity index (χ1n) is 6.19. The molecule has 8 heteroatoms. The first-order chi connectivity index (χ1) is 10.1. The third-order valence-electron chi connectivity index (χ3n) is 3.11. The van der Waals surface area contributed by atoms with Gasteiger partial charge < -0.3 is 4.57 Å². The maximum Gasteiger partial charge on any atom is 0.270 e. The highest BCUT2D eigenvalue weighted by Crippen LogP contribution is 2.30. The number of benzene rings is 1. The van der Waals surface area contributed by atoms with Gasteiger partial charge in [0.1, 0.15) is 12.0 Å². The van der Waals surface area contributed by atoms with Crippen molar-refractivity contribution in [1.29, 1.82) is 0 Å². The molecule has 0 amide bonds. The van der Waals surface area contributed by atoms with Crippen LogP contribution in [0.3, 0.4) is 0 Å². The number of hydrogen-bond donors (Lipinski definition) is 0. The molecule has 0 spiro atoms. The molecular formula is C13H12N6O2. The quantitative estimate of drug-likeness (QED) is 0.540. The molecule has 106 valence electrons. The highest BCUT2D eigenvalue weighted by Gasteiger charge is 2.17. The summed E-state index contributed by atoms with van der Waals surface area (Å²) in [6.07, 6.45) is 3.41. The van der Waals surface area contributed by atoms with Gasteiger partial charge in [0.15, 0.2) is 5.82 Å². The molecule has 0 unspecified atom stereocenters. The van der Waals surface area contributed by atoms with E-state index in [1.54, 1.807) is 34.8 Å². The maximum atomic E-state index is 10.9. The monoisotopic (exact) mass is 284 g/mol. The Labute approximate surface area is 119 Å². The SMILES string of the molecule is Cn1cc(-c2nncn2C)c(-c2cccc([N+](=O)[O-])c2)n1. The van der Waals surface area contributed by atoms with Gasteiger partial charge in [-0.3, -0.25) is 14.8 Å². The van der Waals surface area contributed by atoms with Gasteiger partial charge in [0.25, 0.3) is 5.69 Å². The van der Waals surface area contributed by atoms with E-state index >= 15 is 0 Å². The normalized spacial score (nSPS) is 10.8. The average molecular weight is 284 g/mol. The van der Waals surface area contributed by atoms with Crippen LogP contribution in [0.1, 0.15) is 0 Å². The topological polar surface area (TPSA) is 91.7 Å². The van der Waals surface area contributed by atoms with Gasteiger partial charge in [-0.2, -0.15) is 5.10 Å². The van der Waals surface area contributed by atoms with Gasteiger partial charge >= 0.3 is 0 Å². The van der Waals surface area contributed by atoms with Gasteiger partial charge in [-0.1, -0.05) is 12.1 Å². The Kier molecular flexibility index (Phi) is 2.98. The van der Waals surface area contributed by atoms with Gasteiger partial charge in [-0.05, 0) is 0 Å². The number of hydrogen-bond acceptors (Lipinski definition) is 5. The number of aryl methyl sites for hydroxylation is 2. The Morgan fingerprint density at radius 2 is 2.10 bits per heavy atom. The van der Waals surface area contributed by atoms with Crippen molar-refractivity contribution in [3.05, 3.63) is 46.9 Å². The van der Waals surface area contributed by atoms with Crippen molar-refractivity contribution in [3.63, 3.8) is 0 Å². The van der Waals surface area contributed by atoms with Crippen LogP contribution in [0.2, 0.25) is 0 Å². The molecule has 0 saturated heterocycles.